The molecule has 0 heterocycles. The average Bonchev–Trinajstić information content (AvgIpc) is 2.55. The van der Waals surface area contributed by atoms with E-state index in [-0.39, 0.29) is 12.4 Å². The Kier molecular flexibility index (Phi) is 6.50. The first-order chi connectivity index (χ1) is 11.1. The third-order valence-corrected chi connectivity index (χ3v) is 3.04. The van der Waals surface area contributed by atoms with Crippen LogP contribution in [0.15, 0.2) is 53.2 Å². The Balaban J connectivity index is 1.68. The molecule has 6 heteroatoms. The number of benzene rings is 1. The summed E-state index contributed by atoms with van der Waals surface area (Å²) in [5, 5.41) is 8.58. The third kappa shape index (κ3) is 6.44. The summed E-state index contributed by atoms with van der Waals surface area (Å²) >= 11 is 0. The van der Waals surface area contributed by atoms with Gasteiger partial charge in [-0.3, -0.25) is 4.99 Å². The van der Waals surface area contributed by atoms with E-state index < -0.39 is 5.97 Å². The van der Waals surface area contributed by atoms with Crippen molar-refractivity contribution in [1.29, 1.82) is 0 Å². The lowest BCUT2D eigenvalue weighted by Gasteiger charge is -2.11. The summed E-state index contributed by atoms with van der Waals surface area (Å²) < 4.78 is 23.4. The van der Waals surface area contributed by atoms with E-state index >= 15 is 0 Å². The number of ether oxygens (including phenoxy) is 2. The first-order valence-corrected chi connectivity index (χ1v) is 7.21. The zero-order chi connectivity index (χ0) is 16.5. The molecule has 1 aliphatic rings. The summed E-state index contributed by atoms with van der Waals surface area (Å²) in [4.78, 5) is 14.8. The van der Waals surface area contributed by atoms with Gasteiger partial charge in [-0.15, -0.1) is 0 Å². The van der Waals surface area contributed by atoms with Crippen molar-refractivity contribution < 1.29 is 23.8 Å². The van der Waals surface area contributed by atoms with Gasteiger partial charge in [0, 0.05) is 12.1 Å². The van der Waals surface area contributed by atoms with Crippen LogP contribution in [0.2, 0.25) is 0 Å². The smallest absolute Gasteiger partial charge is 0.341 e. The summed E-state index contributed by atoms with van der Waals surface area (Å²) in [5.41, 5.74) is 1.72. The molecule has 5 nitrogen and oxygen atoms in total. The molecule has 0 atom stereocenters. The van der Waals surface area contributed by atoms with Crippen molar-refractivity contribution >= 4 is 11.7 Å². The van der Waals surface area contributed by atoms with E-state index in [1.165, 1.54) is 12.1 Å². The van der Waals surface area contributed by atoms with Crippen molar-refractivity contribution in [2.45, 2.75) is 13.0 Å². The van der Waals surface area contributed by atoms with Crippen LogP contribution >= 0.6 is 0 Å². The molecule has 0 amide bonds. The zero-order valence-electron chi connectivity index (χ0n) is 12.6. The topological polar surface area (TPSA) is 68.1 Å². The van der Waals surface area contributed by atoms with Crippen LogP contribution in [-0.2, 0) is 20.9 Å². The Hall–Kier alpha value is -2.47. The van der Waals surface area contributed by atoms with Gasteiger partial charge in [-0.2, -0.15) is 0 Å². The van der Waals surface area contributed by atoms with Crippen molar-refractivity contribution in [3.63, 3.8) is 0 Å². The number of carbonyl (C=O) groups is 1. The van der Waals surface area contributed by atoms with Gasteiger partial charge in [0.15, 0.2) is 6.61 Å². The predicted molar refractivity (Wildman–Crippen MR) is 83.8 cm³/mol. The van der Waals surface area contributed by atoms with Crippen LogP contribution in [0.4, 0.5) is 4.39 Å². The quantitative estimate of drug-likeness (QED) is 0.748. The van der Waals surface area contributed by atoms with Crippen LogP contribution < -0.4 is 0 Å². The van der Waals surface area contributed by atoms with Gasteiger partial charge < -0.3 is 14.6 Å². The summed E-state index contributed by atoms with van der Waals surface area (Å²) in [6.45, 7) is 0.998. The van der Waals surface area contributed by atoms with E-state index in [4.69, 9.17) is 14.6 Å². The number of hydrogen-bond donors (Lipinski definition) is 1. The van der Waals surface area contributed by atoms with Gasteiger partial charge in [0.25, 0.3) is 0 Å². The fourth-order valence-electron chi connectivity index (χ4n) is 1.95. The Morgan fingerprint density at radius 1 is 1.30 bits per heavy atom. The molecule has 0 fully saturated rings. The Labute approximate surface area is 133 Å². The first kappa shape index (κ1) is 16.9. The standard InChI is InChI=1S/C17H18FNO4/c18-14-6-4-13(5-7-14)11-22-9-8-19-15-2-1-3-16(10-15)23-12-17(20)21/h1-7H,8-12H2,(H,20,21). The number of rotatable bonds is 8. The minimum absolute atomic E-state index is 0.266. The normalized spacial score (nSPS) is 15.5. The highest BCUT2D eigenvalue weighted by Crippen LogP contribution is 2.11. The van der Waals surface area contributed by atoms with Crippen molar-refractivity contribution in [2.75, 3.05) is 19.8 Å². The van der Waals surface area contributed by atoms with Crippen LogP contribution in [0.1, 0.15) is 12.0 Å². The van der Waals surface area contributed by atoms with Gasteiger partial charge in [0.1, 0.15) is 11.6 Å². The number of carboxylic acid groups (broad SMARTS) is 1. The SMILES string of the molecule is O=C(O)COC1=CC=CC(=NCCOCc2ccc(F)cc2)C1. The van der Waals surface area contributed by atoms with E-state index in [1.807, 2.05) is 6.08 Å². The highest BCUT2D eigenvalue weighted by atomic mass is 19.1. The van der Waals surface area contributed by atoms with E-state index in [0.29, 0.717) is 31.9 Å². The molecule has 1 aromatic rings. The van der Waals surface area contributed by atoms with E-state index in [9.17, 15) is 9.18 Å². The number of nitrogens with zero attached hydrogens (tertiary/aromatic N) is 1. The number of aliphatic imine (C=N–C) groups is 1. The van der Waals surface area contributed by atoms with Gasteiger partial charge >= 0.3 is 5.97 Å². The van der Waals surface area contributed by atoms with Gasteiger partial charge in [-0.25, -0.2) is 9.18 Å². The maximum Gasteiger partial charge on any atom is 0.341 e. The molecule has 1 aliphatic carbocycles. The highest BCUT2D eigenvalue weighted by Gasteiger charge is 2.08. The van der Waals surface area contributed by atoms with E-state index in [2.05, 4.69) is 4.99 Å². The Morgan fingerprint density at radius 3 is 2.83 bits per heavy atom. The van der Waals surface area contributed by atoms with Gasteiger partial charge in [-0.05, 0) is 29.8 Å². The Bertz CT molecular complexity index is 620. The second-order valence-corrected chi connectivity index (χ2v) is 4.90. The van der Waals surface area contributed by atoms with Gasteiger partial charge in [0.05, 0.1) is 19.8 Å². The van der Waals surface area contributed by atoms with Crippen molar-refractivity contribution in [1.82, 2.24) is 0 Å². The molecule has 2 rings (SSSR count). The van der Waals surface area contributed by atoms with Gasteiger partial charge in [-0.1, -0.05) is 18.2 Å². The second-order valence-electron chi connectivity index (χ2n) is 4.90. The predicted octanol–water partition coefficient (Wildman–Crippen LogP) is 2.73. The molecule has 0 saturated heterocycles. The monoisotopic (exact) mass is 319 g/mol. The molecule has 0 aromatic heterocycles. The van der Waals surface area contributed by atoms with Crippen molar-refractivity contribution in [2.24, 2.45) is 4.99 Å². The Morgan fingerprint density at radius 2 is 2.09 bits per heavy atom. The van der Waals surface area contributed by atoms with Crippen molar-refractivity contribution in [3.8, 4) is 0 Å². The maximum atomic E-state index is 12.8. The summed E-state index contributed by atoms with van der Waals surface area (Å²) in [7, 11) is 0. The third-order valence-electron chi connectivity index (χ3n) is 3.04. The van der Waals surface area contributed by atoms with E-state index in [1.54, 1.807) is 24.3 Å². The lowest BCUT2D eigenvalue weighted by atomic mass is 10.1. The van der Waals surface area contributed by atoms with Crippen molar-refractivity contribution in [3.05, 3.63) is 59.6 Å². The molecule has 0 bridgehead atoms. The lowest BCUT2D eigenvalue weighted by molar-refractivity contribution is -0.140. The molecule has 0 unspecified atom stereocenters. The molecule has 1 N–H and O–H groups in total. The van der Waals surface area contributed by atoms with Crippen LogP contribution in [-0.4, -0.2) is 36.5 Å². The molecule has 23 heavy (non-hydrogen) atoms. The summed E-state index contributed by atoms with van der Waals surface area (Å²) in [5.74, 6) is -0.688. The minimum atomic E-state index is -1.01. The molecule has 1 aromatic carbocycles. The van der Waals surface area contributed by atoms with E-state index in [0.717, 1.165) is 11.3 Å². The summed E-state index contributed by atoms with van der Waals surface area (Å²) in [6, 6.07) is 6.16. The fourth-order valence-corrected chi connectivity index (χ4v) is 1.95. The maximum absolute atomic E-state index is 12.8. The second kappa shape index (κ2) is 8.85. The zero-order valence-corrected chi connectivity index (χ0v) is 12.6. The largest absolute Gasteiger partial charge is 0.486 e. The number of allylic oxidation sites excluding steroid dienone is 4. The number of halogens is 1. The molecule has 0 saturated carbocycles. The number of aliphatic carboxylic acids is 1. The van der Waals surface area contributed by atoms with Gasteiger partial charge in [0.2, 0.25) is 0 Å². The molecule has 0 spiro atoms. The first-order valence-electron chi connectivity index (χ1n) is 7.21. The molecule has 122 valence electrons. The van der Waals surface area contributed by atoms with Crippen LogP contribution in [0, 0.1) is 5.82 Å². The summed E-state index contributed by atoms with van der Waals surface area (Å²) in [6.07, 6.45) is 5.83. The fraction of sp³-hybridized carbons (Fsp3) is 0.294. The minimum Gasteiger partial charge on any atom is -0.486 e. The van der Waals surface area contributed by atoms with Crippen LogP contribution in [0.25, 0.3) is 0 Å². The average molecular weight is 319 g/mol. The highest BCUT2D eigenvalue weighted by molar-refractivity contribution is 5.97. The molecular formula is C17H18FNO4. The molecular weight excluding hydrogens is 301 g/mol. The lowest BCUT2D eigenvalue weighted by Crippen LogP contribution is -2.11. The number of carboxylic acids is 1. The van der Waals surface area contributed by atoms with Crippen LogP contribution in [0.3, 0.4) is 0 Å². The molecule has 0 radical (unpaired) electrons. The number of hydrogen-bond acceptors (Lipinski definition) is 4. The van der Waals surface area contributed by atoms with Crippen LogP contribution in [0.5, 0.6) is 0 Å². The molecule has 0 aliphatic heterocycles.